The maximum Gasteiger partial charge on any atom is 0.280 e. The number of hydrogen-bond donors (Lipinski definition) is 1. The molecule has 7 heteroatoms. The van der Waals surface area contributed by atoms with Gasteiger partial charge in [0, 0.05) is 39.4 Å². The van der Waals surface area contributed by atoms with Gasteiger partial charge in [0.1, 0.15) is 0 Å². The molecule has 1 atom stereocenters. The summed E-state index contributed by atoms with van der Waals surface area (Å²) in [4.78, 5) is 16.3. The Morgan fingerprint density at radius 1 is 1.10 bits per heavy atom. The molecule has 3 aromatic heterocycles. The number of benzene rings is 1. The summed E-state index contributed by atoms with van der Waals surface area (Å²) in [5.74, 6) is -0.209. The predicted octanol–water partition coefficient (Wildman–Crippen LogP) is 4.82. The summed E-state index contributed by atoms with van der Waals surface area (Å²) in [5.41, 5.74) is 4.06. The lowest BCUT2D eigenvalue weighted by atomic mass is 9.86. The molecule has 1 N–H and O–H groups in total. The van der Waals surface area contributed by atoms with Gasteiger partial charge in [0.25, 0.3) is 5.91 Å². The Morgan fingerprint density at radius 3 is 2.52 bits per heavy atom. The third kappa shape index (κ3) is 3.13. The van der Waals surface area contributed by atoms with Gasteiger partial charge in [-0.3, -0.25) is 14.8 Å². The number of thiophene rings is 1. The fraction of sp³-hybridized carbons (Fsp3) is 0.208. The molecule has 0 radical (unpaired) electrons. The Morgan fingerprint density at radius 2 is 1.87 bits per heavy atom. The first-order valence-corrected chi connectivity index (χ1v) is 11.0. The van der Waals surface area contributed by atoms with Crippen LogP contribution in [0.4, 0.5) is 5.69 Å². The van der Waals surface area contributed by atoms with Gasteiger partial charge in [-0.15, -0.1) is 11.3 Å². The molecule has 1 amide bonds. The van der Waals surface area contributed by atoms with Crippen LogP contribution in [0.15, 0.2) is 66.2 Å². The standard InChI is InChI=1S/C24H22N4O2S/c1-24(2,3)22-19-20(25-26-22)23(29)28(21(19)17-7-4-5-13-27(17)30)16-11-9-15(10-12-16)18-8-6-14-31-18/h4-14,21H,1-3H3,(H,25,26). The zero-order valence-corrected chi connectivity index (χ0v) is 18.3. The highest BCUT2D eigenvalue weighted by Gasteiger charge is 2.47. The van der Waals surface area contributed by atoms with Crippen LogP contribution < -0.4 is 9.63 Å². The van der Waals surface area contributed by atoms with Crippen molar-refractivity contribution in [1.82, 2.24) is 10.2 Å². The first-order chi connectivity index (χ1) is 14.9. The van der Waals surface area contributed by atoms with Gasteiger partial charge in [-0.1, -0.05) is 39.0 Å². The number of pyridine rings is 1. The number of rotatable bonds is 3. The molecule has 0 saturated carbocycles. The molecule has 156 valence electrons. The summed E-state index contributed by atoms with van der Waals surface area (Å²) in [5, 5.41) is 22.2. The van der Waals surface area contributed by atoms with Crippen LogP contribution in [0.25, 0.3) is 10.4 Å². The Kier molecular flexibility index (Phi) is 4.44. The lowest BCUT2D eigenvalue weighted by Crippen LogP contribution is -2.39. The van der Waals surface area contributed by atoms with E-state index in [9.17, 15) is 10.0 Å². The number of fused-ring (bicyclic) bond motifs is 1. The smallest absolute Gasteiger partial charge is 0.280 e. The molecule has 0 aliphatic carbocycles. The molecular formula is C24H22N4O2S. The molecule has 1 aliphatic heterocycles. The molecule has 1 aromatic carbocycles. The van der Waals surface area contributed by atoms with Crippen LogP contribution in [0.2, 0.25) is 0 Å². The number of anilines is 1. The molecule has 1 unspecified atom stereocenters. The number of H-pyrrole nitrogens is 1. The van der Waals surface area contributed by atoms with Crippen molar-refractivity contribution in [2.45, 2.75) is 32.2 Å². The second-order valence-corrected chi connectivity index (χ2v) is 9.61. The minimum Gasteiger partial charge on any atom is -0.618 e. The maximum absolute atomic E-state index is 13.5. The minimum absolute atomic E-state index is 0.209. The Bertz CT molecular complexity index is 1250. The third-order valence-corrected chi connectivity index (χ3v) is 6.51. The highest BCUT2D eigenvalue weighted by molar-refractivity contribution is 7.13. The van der Waals surface area contributed by atoms with Crippen LogP contribution >= 0.6 is 11.3 Å². The molecule has 4 aromatic rings. The van der Waals surface area contributed by atoms with Crippen molar-refractivity contribution in [3.63, 3.8) is 0 Å². The van der Waals surface area contributed by atoms with E-state index in [0.717, 1.165) is 27.2 Å². The largest absolute Gasteiger partial charge is 0.618 e. The van der Waals surface area contributed by atoms with Crippen molar-refractivity contribution in [3.05, 3.63) is 94.0 Å². The molecule has 0 spiro atoms. The maximum atomic E-state index is 13.5. The SMILES string of the molecule is CC(C)(C)c1[nH]nc2c1C(c1cccc[n+]1[O-])N(c1ccc(-c3cccs3)cc1)C2=O. The number of carbonyl (C=O) groups is 1. The van der Waals surface area contributed by atoms with Crippen molar-refractivity contribution in [2.24, 2.45) is 0 Å². The summed E-state index contributed by atoms with van der Waals surface area (Å²) in [6.07, 6.45) is 1.46. The van der Waals surface area contributed by atoms with Crippen LogP contribution in [0.1, 0.15) is 54.3 Å². The van der Waals surface area contributed by atoms with E-state index in [4.69, 9.17) is 0 Å². The van der Waals surface area contributed by atoms with E-state index >= 15 is 0 Å². The average molecular weight is 431 g/mol. The normalized spacial score (nSPS) is 16.0. The van der Waals surface area contributed by atoms with E-state index in [1.165, 1.54) is 11.1 Å². The van der Waals surface area contributed by atoms with E-state index in [1.807, 2.05) is 41.8 Å². The fourth-order valence-electron chi connectivity index (χ4n) is 4.14. The molecule has 5 rings (SSSR count). The molecular weight excluding hydrogens is 408 g/mol. The van der Waals surface area contributed by atoms with Crippen molar-refractivity contribution >= 4 is 22.9 Å². The third-order valence-electron chi connectivity index (χ3n) is 5.59. The van der Waals surface area contributed by atoms with Crippen molar-refractivity contribution in [3.8, 4) is 10.4 Å². The second kappa shape index (κ2) is 7.06. The van der Waals surface area contributed by atoms with Crippen molar-refractivity contribution < 1.29 is 9.52 Å². The Hall–Kier alpha value is -3.45. The monoisotopic (exact) mass is 430 g/mol. The van der Waals surface area contributed by atoms with E-state index in [-0.39, 0.29) is 11.3 Å². The predicted molar refractivity (Wildman–Crippen MR) is 121 cm³/mol. The van der Waals surface area contributed by atoms with E-state index < -0.39 is 6.04 Å². The van der Waals surface area contributed by atoms with E-state index in [0.29, 0.717) is 11.4 Å². The number of hydrogen-bond acceptors (Lipinski definition) is 4. The number of carbonyl (C=O) groups excluding carboxylic acids is 1. The van der Waals surface area contributed by atoms with Gasteiger partial charge in [0.2, 0.25) is 5.69 Å². The van der Waals surface area contributed by atoms with Gasteiger partial charge in [0.15, 0.2) is 17.9 Å². The molecule has 4 heterocycles. The summed E-state index contributed by atoms with van der Waals surface area (Å²) >= 11 is 1.67. The number of nitrogens with zero attached hydrogens (tertiary/aromatic N) is 3. The Labute approximate surface area is 184 Å². The molecule has 6 nitrogen and oxygen atoms in total. The van der Waals surface area contributed by atoms with Gasteiger partial charge in [-0.05, 0) is 35.2 Å². The minimum atomic E-state index is -0.554. The lowest BCUT2D eigenvalue weighted by molar-refractivity contribution is -0.614. The van der Waals surface area contributed by atoms with Gasteiger partial charge in [-0.25, -0.2) is 0 Å². The Balaban J connectivity index is 1.67. The number of aromatic nitrogens is 3. The number of nitrogens with one attached hydrogen (secondary N) is 1. The molecule has 0 bridgehead atoms. The van der Waals surface area contributed by atoms with Crippen LogP contribution in [0.3, 0.4) is 0 Å². The zero-order chi connectivity index (χ0) is 21.8. The molecule has 0 saturated heterocycles. The van der Waals surface area contributed by atoms with Crippen LogP contribution in [0.5, 0.6) is 0 Å². The van der Waals surface area contributed by atoms with Gasteiger partial charge >= 0.3 is 0 Å². The molecule has 1 aliphatic rings. The average Bonchev–Trinajstić information content (AvgIpc) is 3.46. The van der Waals surface area contributed by atoms with Gasteiger partial charge in [-0.2, -0.15) is 9.83 Å². The van der Waals surface area contributed by atoms with E-state index in [1.54, 1.807) is 28.4 Å². The summed E-state index contributed by atoms with van der Waals surface area (Å²) in [7, 11) is 0. The van der Waals surface area contributed by atoms with Gasteiger partial charge < -0.3 is 5.21 Å². The molecule has 0 fully saturated rings. The summed E-state index contributed by atoms with van der Waals surface area (Å²) < 4.78 is 0.833. The second-order valence-electron chi connectivity index (χ2n) is 8.66. The summed E-state index contributed by atoms with van der Waals surface area (Å²) in [6, 6.07) is 16.7. The highest BCUT2D eigenvalue weighted by atomic mass is 32.1. The molecule has 31 heavy (non-hydrogen) atoms. The quantitative estimate of drug-likeness (QED) is 0.374. The first kappa shape index (κ1) is 19.5. The first-order valence-electron chi connectivity index (χ1n) is 10.1. The van der Waals surface area contributed by atoms with Crippen LogP contribution in [-0.2, 0) is 5.41 Å². The van der Waals surface area contributed by atoms with Crippen LogP contribution in [0, 0.1) is 5.21 Å². The van der Waals surface area contributed by atoms with E-state index in [2.05, 4.69) is 37.0 Å². The van der Waals surface area contributed by atoms with Gasteiger partial charge in [0.05, 0.1) is 0 Å². The zero-order valence-electron chi connectivity index (χ0n) is 17.5. The lowest BCUT2D eigenvalue weighted by Gasteiger charge is -2.27. The number of amides is 1. The number of aromatic amines is 1. The topological polar surface area (TPSA) is 75.9 Å². The van der Waals surface area contributed by atoms with Crippen LogP contribution in [-0.4, -0.2) is 16.1 Å². The highest BCUT2D eigenvalue weighted by Crippen LogP contribution is 2.44. The van der Waals surface area contributed by atoms with Crippen molar-refractivity contribution in [1.29, 1.82) is 0 Å². The fourth-order valence-corrected chi connectivity index (χ4v) is 4.87. The van der Waals surface area contributed by atoms with Crippen molar-refractivity contribution in [2.75, 3.05) is 4.90 Å². The summed E-state index contributed by atoms with van der Waals surface area (Å²) in [6.45, 7) is 6.20.